The Morgan fingerprint density at radius 1 is 1.12 bits per heavy atom. The first-order chi connectivity index (χ1) is 15.4. The van der Waals surface area contributed by atoms with Crippen molar-refractivity contribution >= 4 is 67.7 Å². The molecule has 0 aliphatic carbocycles. The third-order valence-electron chi connectivity index (χ3n) is 4.63. The Hall–Kier alpha value is -2.81. The van der Waals surface area contributed by atoms with Crippen molar-refractivity contribution in [3.63, 3.8) is 0 Å². The minimum atomic E-state index is -0.272. The van der Waals surface area contributed by atoms with Gasteiger partial charge in [0, 0.05) is 21.7 Å². The molecule has 4 aromatic rings. The van der Waals surface area contributed by atoms with Gasteiger partial charge in [0.2, 0.25) is 5.91 Å². The largest absolute Gasteiger partial charge is 0.497 e. The number of hydrogen-bond donors (Lipinski definition) is 2. The number of H-pyrrole nitrogens is 1. The van der Waals surface area contributed by atoms with Gasteiger partial charge in [0.15, 0.2) is 10.9 Å². The summed E-state index contributed by atoms with van der Waals surface area (Å²) in [6, 6.07) is 17.5. The van der Waals surface area contributed by atoms with Crippen molar-refractivity contribution in [1.82, 2.24) is 9.97 Å². The number of rotatable bonds is 7. The number of imidazole rings is 1. The maximum absolute atomic E-state index is 13.1. The van der Waals surface area contributed by atoms with Gasteiger partial charge in [0.05, 0.1) is 34.6 Å². The van der Waals surface area contributed by atoms with E-state index in [0.717, 1.165) is 21.3 Å². The molecule has 0 unspecified atom stereocenters. The number of ether oxygens (including phenoxy) is 1. The summed E-state index contributed by atoms with van der Waals surface area (Å²) in [5, 5.41) is 3.79. The number of fused-ring (bicyclic) bond motifs is 1. The highest BCUT2D eigenvalue weighted by atomic mass is 79.9. The van der Waals surface area contributed by atoms with Gasteiger partial charge in [-0.25, -0.2) is 4.98 Å². The summed E-state index contributed by atoms with van der Waals surface area (Å²) in [7, 11) is 1.60. The van der Waals surface area contributed by atoms with Crippen molar-refractivity contribution in [1.29, 1.82) is 0 Å². The van der Waals surface area contributed by atoms with Crippen LogP contribution in [0.3, 0.4) is 0 Å². The average Bonchev–Trinajstić information content (AvgIpc) is 3.21. The number of amides is 1. The third-order valence-corrected chi connectivity index (χ3v) is 6.32. The van der Waals surface area contributed by atoms with Crippen LogP contribution in [-0.2, 0) is 4.79 Å². The summed E-state index contributed by atoms with van der Waals surface area (Å²) in [6.45, 7) is 0. The van der Waals surface area contributed by atoms with E-state index < -0.39 is 0 Å². The van der Waals surface area contributed by atoms with E-state index in [1.165, 1.54) is 11.8 Å². The Balaban J connectivity index is 1.49. The highest BCUT2D eigenvalue weighted by molar-refractivity contribution is 9.10. The number of ketones is 1. The van der Waals surface area contributed by atoms with Crippen LogP contribution in [0.5, 0.6) is 5.75 Å². The Labute approximate surface area is 201 Å². The first-order valence-electron chi connectivity index (χ1n) is 9.50. The van der Waals surface area contributed by atoms with E-state index in [4.69, 9.17) is 16.3 Å². The number of benzene rings is 3. The second kappa shape index (κ2) is 9.77. The van der Waals surface area contributed by atoms with E-state index in [1.54, 1.807) is 49.6 Å². The molecular formula is C23H17BrClN3O3S. The van der Waals surface area contributed by atoms with Crippen molar-refractivity contribution in [3.8, 4) is 5.75 Å². The summed E-state index contributed by atoms with van der Waals surface area (Å²) in [5.74, 6) is 0.309. The molecule has 0 spiro atoms. The number of hydrogen-bond acceptors (Lipinski definition) is 5. The van der Waals surface area contributed by atoms with Crippen LogP contribution in [-0.4, -0.2) is 34.5 Å². The number of nitrogens with one attached hydrogen (secondary N) is 2. The van der Waals surface area contributed by atoms with Gasteiger partial charge in [-0.1, -0.05) is 51.4 Å². The smallest absolute Gasteiger partial charge is 0.234 e. The van der Waals surface area contributed by atoms with Gasteiger partial charge < -0.3 is 15.0 Å². The Morgan fingerprint density at radius 2 is 1.94 bits per heavy atom. The molecule has 3 aromatic carbocycles. The van der Waals surface area contributed by atoms with E-state index >= 15 is 0 Å². The van der Waals surface area contributed by atoms with Gasteiger partial charge in [0.1, 0.15) is 5.75 Å². The normalized spacial score (nSPS) is 10.8. The molecule has 6 nitrogen and oxygen atoms in total. The fourth-order valence-electron chi connectivity index (χ4n) is 3.08. The van der Waals surface area contributed by atoms with Crippen LogP contribution < -0.4 is 10.1 Å². The highest BCUT2D eigenvalue weighted by Gasteiger charge is 2.18. The van der Waals surface area contributed by atoms with Crippen LogP contribution in [0, 0.1) is 0 Å². The predicted molar refractivity (Wildman–Crippen MR) is 131 cm³/mol. The maximum Gasteiger partial charge on any atom is 0.234 e. The monoisotopic (exact) mass is 529 g/mol. The van der Waals surface area contributed by atoms with Crippen LogP contribution >= 0.6 is 39.3 Å². The zero-order valence-electron chi connectivity index (χ0n) is 16.8. The first-order valence-corrected chi connectivity index (χ1v) is 11.7. The predicted octanol–water partition coefficient (Wildman–Crippen LogP) is 5.95. The molecule has 0 aliphatic rings. The second-order valence-electron chi connectivity index (χ2n) is 6.76. The van der Waals surface area contributed by atoms with Crippen LogP contribution in [0.15, 0.2) is 70.3 Å². The summed E-state index contributed by atoms with van der Waals surface area (Å²) in [4.78, 5) is 33.3. The van der Waals surface area contributed by atoms with Crippen molar-refractivity contribution in [2.75, 3.05) is 18.2 Å². The number of aromatic amines is 1. The lowest BCUT2D eigenvalue weighted by molar-refractivity contribution is -0.113. The van der Waals surface area contributed by atoms with E-state index in [9.17, 15) is 9.59 Å². The molecule has 9 heteroatoms. The van der Waals surface area contributed by atoms with Crippen molar-refractivity contribution < 1.29 is 14.3 Å². The summed E-state index contributed by atoms with van der Waals surface area (Å²) < 4.78 is 5.94. The van der Waals surface area contributed by atoms with Gasteiger partial charge in [-0.3, -0.25) is 9.59 Å². The molecule has 0 aliphatic heterocycles. The van der Waals surface area contributed by atoms with Gasteiger partial charge in [-0.05, 0) is 42.5 Å². The molecule has 1 amide bonds. The summed E-state index contributed by atoms with van der Waals surface area (Å²) in [5.41, 5.74) is 2.75. The molecule has 0 bridgehead atoms. The SMILES string of the molecule is COc1ccc2nc(SCC(=O)Nc3ccc(Br)cc3C(=O)c3ccccc3Cl)[nH]c2c1. The highest BCUT2D eigenvalue weighted by Crippen LogP contribution is 2.28. The number of thioether (sulfide) groups is 1. The number of carbonyl (C=O) groups excluding carboxylic acids is 2. The number of nitrogens with zero attached hydrogens (tertiary/aromatic N) is 1. The average molecular weight is 531 g/mol. The summed E-state index contributed by atoms with van der Waals surface area (Å²) >= 11 is 10.9. The number of halogens is 2. The van der Waals surface area contributed by atoms with Crippen molar-refractivity contribution in [3.05, 3.63) is 81.3 Å². The molecule has 0 radical (unpaired) electrons. The Morgan fingerprint density at radius 3 is 2.72 bits per heavy atom. The van der Waals surface area contributed by atoms with Crippen molar-refractivity contribution in [2.24, 2.45) is 0 Å². The molecule has 32 heavy (non-hydrogen) atoms. The second-order valence-corrected chi connectivity index (χ2v) is 9.05. The minimum Gasteiger partial charge on any atom is -0.497 e. The maximum atomic E-state index is 13.1. The van der Waals surface area contributed by atoms with Crippen LogP contribution in [0.1, 0.15) is 15.9 Å². The number of anilines is 1. The molecule has 0 saturated carbocycles. The topological polar surface area (TPSA) is 84.1 Å². The van der Waals surface area contributed by atoms with Gasteiger partial charge >= 0.3 is 0 Å². The first kappa shape index (κ1) is 22.4. The lowest BCUT2D eigenvalue weighted by atomic mass is 10.0. The molecule has 0 fully saturated rings. The van der Waals surface area contributed by atoms with Crippen LogP contribution in [0.4, 0.5) is 5.69 Å². The van der Waals surface area contributed by atoms with Crippen LogP contribution in [0.25, 0.3) is 11.0 Å². The molecule has 4 rings (SSSR count). The quantitative estimate of drug-likeness (QED) is 0.228. The summed E-state index contributed by atoms with van der Waals surface area (Å²) in [6.07, 6.45) is 0. The molecular weight excluding hydrogens is 514 g/mol. The van der Waals surface area contributed by atoms with E-state index in [2.05, 4.69) is 31.2 Å². The molecule has 1 heterocycles. The van der Waals surface area contributed by atoms with Gasteiger partial charge in [0.25, 0.3) is 0 Å². The fraction of sp³-hybridized carbons (Fsp3) is 0.0870. The van der Waals surface area contributed by atoms with E-state index in [0.29, 0.717) is 27.0 Å². The number of methoxy groups -OCH3 is 1. The lowest BCUT2D eigenvalue weighted by Crippen LogP contribution is -2.17. The molecule has 162 valence electrons. The molecule has 2 N–H and O–H groups in total. The standard InChI is InChI=1S/C23H17BrClN3O3S/c1-31-14-7-9-19-20(11-14)28-23(27-19)32-12-21(29)26-18-8-6-13(24)10-16(18)22(30)15-4-2-3-5-17(15)25/h2-11H,12H2,1H3,(H,26,29)(H,27,28). The fourth-order valence-corrected chi connectivity index (χ4v) is 4.35. The molecule has 1 aromatic heterocycles. The number of carbonyl (C=O) groups is 2. The third kappa shape index (κ3) is 4.98. The molecule has 0 atom stereocenters. The van der Waals surface area contributed by atoms with E-state index in [1.807, 2.05) is 18.2 Å². The van der Waals surface area contributed by atoms with E-state index in [-0.39, 0.29) is 17.4 Å². The zero-order chi connectivity index (χ0) is 22.7. The number of aromatic nitrogens is 2. The molecule has 0 saturated heterocycles. The zero-order valence-corrected chi connectivity index (χ0v) is 20.0. The van der Waals surface area contributed by atoms with Gasteiger partial charge in [-0.15, -0.1) is 0 Å². The van der Waals surface area contributed by atoms with Crippen LogP contribution in [0.2, 0.25) is 5.02 Å². The minimum absolute atomic E-state index is 0.118. The van der Waals surface area contributed by atoms with Crippen molar-refractivity contribution in [2.45, 2.75) is 5.16 Å². The lowest BCUT2D eigenvalue weighted by Gasteiger charge is -2.12. The Bertz CT molecular complexity index is 1330. The Kier molecular flexibility index (Phi) is 6.83. The van der Waals surface area contributed by atoms with Gasteiger partial charge in [-0.2, -0.15) is 0 Å².